The van der Waals surface area contributed by atoms with E-state index in [2.05, 4.69) is 41.2 Å². The normalized spacial score (nSPS) is 11.2. The van der Waals surface area contributed by atoms with Crippen molar-refractivity contribution < 1.29 is 14.3 Å². The van der Waals surface area contributed by atoms with Crippen LogP contribution >= 0.6 is 0 Å². The Kier molecular flexibility index (Phi) is 7.23. The molecule has 0 radical (unpaired) electrons. The first-order valence-electron chi connectivity index (χ1n) is 10.4. The van der Waals surface area contributed by atoms with E-state index in [1.54, 1.807) is 23.1 Å². The van der Waals surface area contributed by atoms with Crippen LogP contribution in [-0.4, -0.2) is 38.9 Å². The van der Waals surface area contributed by atoms with Crippen LogP contribution in [0.5, 0.6) is 11.5 Å². The molecule has 3 rings (SSSR count). The molecule has 2 heterocycles. The molecule has 0 fully saturated rings. The number of hydrogen-bond donors (Lipinski definition) is 1. The molecule has 31 heavy (non-hydrogen) atoms. The van der Waals surface area contributed by atoms with Gasteiger partial charge in [-0.1, -0.05) is 32.9 Å². The molecule has 1 amide bonds. The van der Waals surface area contributed by atoms with E-state index >= 15 is 0 Å². The lowest BCUT2D eigenvalue weighted by molar-refractivity contribution is -0.116. The molecule has 0 spiro atoms. The molecule has 1 aromatic carbocycles. The number of anilines is 1. The number of carbonyl (C=O) groups excluding carboxylic acids is 1. The van der Waals surface area contributed by atoms with E-state index in [1.807, 2.05) is 37.3 Å². The van der Waals surface area contributed by atoms with Crippen LogP contribution in [0.4, 0.5) is 5.82 Å². The van der Waals surface area contributed by atoms with E-state index in [1.165, 1.54) is 0 Å². The summed E-state index contributed by atoms with van der Waals surface area (Å²) < 4.78 is 12.9. The topological polar surface area (TPSA) is 91.2 Å². The van der Waals surface area contributed by atoms with Crippen molar-refractivity contribution in [3.8, 4) is 17.4 Å². The quantitative estimate of drug-likeness (QED) is 0.520. The lowest BCUT2D eigenvalue weighted by Gasteiger charge is -2.13. The predicted molar refractivity (Wildman–Crippen MR) is 119 cm³/mol. The minimum Gasteiger partial charge on any atom is -0.490 e. The number of amides is 1. The van der Waals surface area contributed by atoms with E-state index in [9.17, 15) is 4.79 Å². The fourth-order valence-corrected chi connectivity index (χ4v) is 2.85. The van der Waals surface area contributed by atoms with Crippen molar-refractivity contribution in [3.05, 3.63) is 54.5 Å². The van der Waals surface area contributed by atoms with E-state index < -0.39 is 0 Å². The van der Waals surface area contributed by atoms with Gasteiger partial charge < -0.3 is 14.8 Å². The Morgan fingerprint density at radius 3 is 2.39 bits per heavy atom. The van der Waals surface area contributed by atoms with Crippen LogP contribution < -0.4 is 14.8 Å². The number of para-hydroxylation sites is 2. The SMILES string of the molecule is CCOc1ccccc1OCCCC(=O)Nc1cc(C(C)(C)C)nn1-c1ncccn1. The van der Waals surface area contributed by atoms with Gasteiger partial charge in [-0.05, 0) is 31.5 Å². The first-order chi connectivity index (χ1) is 14.9. The minimum absolute atomic E-state index is 0.126. The third-order valence-corrected chi connectivity index (χ3v) is 4.44. The molecule has 164 valence electrons. The average Bonchev–Trinajstić information content (AvgIpc) is 3.17. The molecule has 0 bridgehead atoms. The number of nitrogens with zero attached hydrogens (tertiary/aromatic N) is 4. The van der Waals surface area contributed by atoms with E-state index in [4.69, 9.17) is 9.47 Å². The zero-order chi connectivity index (χ0) is 22.3. The molecular formula is C23H29N5O3. The van der Waals surface area contributed by atoms with Gasteiger partial charge in [-0.2, -0.15) is 9.78 Å². The first-order valence-corrected chi connectivity index (χ1v) is 10.4. The molecule has 2 aromatic heterocycles. The number of ether oxygens (including phenoxy) is 2. The number of hydrogen-bond acceptors (Lipinski definition) is 6. The van der Waals surface area contributed by atoms with Crippen molar-refractivity contribution >= 4 is 11.7 Å². The molecule has 8 heteroatoms. The summed E-state index contributed by atoms with van der Waals surface area (Å²) in [5.74, 6) is 2.21. The van der Waals surface area contributed by atoms with Gasteiger partial charge in [0.15, 0.2) is 11.5 Å². The Labute approximate surface area is 182 Å². The monoisotopic (exact) mass is 423 g/mol. The second-order valence-electron chi connectivity index (χ2n) is 8.01. The summed E-state index contributed by atoms with van der Waals surface area (Å²) in [6.07, 6.45) is 4.16. The van der Waals surface area contributed by atoms with Gasteiger partial charge in [-0.15, -0.1) is 0 Å². The summed E-state index contributed by atoms with van der Waals surface area (Å²) in [7, 11) is 0. The number of rotatable bonds is 9. The lowest BCUT2D eigenvalue weighted by Crippen LogP contribution is -2.16. The van der Waals surface area contributed by atoms with Crippen LogP contribution in [0.2, 0.25) is 0 Å². The largest absolute Gasteiger partial charge is 0.490 e. The van der Waals surface area contributed by atoms with E-state index in [0.717, 1.165) is 5.69 Å². The average molecular weight is 424 g/mol. The second kappa shape index (κ2) is 10.1. The fourth-order valence-electron chi connectivity index (χ4n) is 2.85. The zero-order valence-corrected chi connectivity index (χ0v) is 18.5. The van der Waals surface area contributed by atoms with Crippen molar-refractivity contribution in [1.82, 2.24) is 19.7 Å². The fraction of sp³-hybridized carbons (Fsp3) is 0.391. The van der Waals surface area contributed by atoms with E-state index in [-0.39, 0.29) is 11.3 Å². The van der Waals surface area contributed by atoms with Crippen LogP contribution in [0.1, 0.15) is 46.2 Å². The number of aromatic nitrogens is 4. The molecule has 0 unspecified atom stereocenters. The summed E-state index contributed by atoms with van der Waals surface area (Å²) in [5.41, 5.74) is 0.660. The highest BCUT2D eigenvalue weighted by Gasteiger charge is 2.22. The number of benzene rings is 1. The van der Waals surface area contributed by atoms with Crippen LogP contribution in [0.15, 0.2) is 48.8 Å². The highest BCUT2D eigenvalue weighted by atomic mass is 16.5. The number of nitrogens with one attached hydrogen (secondary N) is 1. The minimum atomic E-state index is -0.179. The van der Waals surface area contributed by atoms with Gasteiger partial charge in [0.25, 0.3) is 5.95 Å². The van der Waals surface area contributed by atoms with Gasteiger partial charge in [-0.25, -0.2) is 9.97 Å². The van der Waals surface area contributed by atoms with Gasteiger partial charge in [0.1, 0.15) is 5.82 Å². The molecule has 0 saturated carbocycles. The van der Waals surface area contributed by atoms with Crippen LogP contribution in [-0.2, 0) is 10.2 Å². The Bertz CT molecular complexity index is 996. The van der Waals surface area contributed by atoms with Gasteiger partial charge >= 0.3 is 0 Å². The lowest BCUT2D eigenvalue weighted by atomic mass is 9.92. The Morgan fingerprint density at radius 1 is 1.06 bits per heavy atom. The van der Waals surface area contributed by atoms with Crippen molar-refractivity contribution in [2.45, 2.75) is 46.0 Å². The van der Waals surface area contributed by atoms with Gasteiger partial charge in [-0.3, -0.25) is 4.79 Å². The van der Waals surface area contributed by atoms with Crippen molar-refractivity contribution in [3.63, 3.8) is 0 Å². The smallest absolute Gasteiger partial charge is 0.252 e. The van der Waals surface area contributed by atoms with Crippen LogP contribution in [0, 0.1) is 0 Å². The number of carbonyl (C=O) groups is 1. The summed E-state index contributed by atoms with van der Waals surface area (Å²) >= 11 is 0. The summed E-state index contributed by atoms with van der Waals surface area (Å²) in [5, 5.41) is 7.54. The highest BCUT2D eigenvalue weighted by Crippen LogP contribution is 2.27. The van der Waals surface area contributed by atoms with E-state index in [0.29, 0.717) is 49.3 Å². The van der Waals surface area contributed by atoms with Crippen molar-refractivity contribution in [2.24, 2.45) is 0 Å². The molecule has 0 aliphatic carbocycles. The van der Waals surface area contributed by atoms with Gasteiger partial charge in [0.2, 0.25) is 5.91 Å². The summed E-state index contributed by atoms with van der Waals surface area (Å²) in [6.45, 7) is 9.10. The predicted octanol–water partition coefficient (Wildman–Crippen LogP) is 4.16. The zero-order valence-electron chi connectivity index (χ0n) is 18.5. The Balaban J connectivity index is 1.61. The third-order valence-electron chi connectivity index (χ3n) is 4.44. The Hall–Kier alpha value is -3.42. The molecule has 3 aromatic rings. The van der Waals surface area contributed by atoms with Crippen LogP contribution in [0.25, 0.3) is 5.95 Å². The molecule has 0 aliphatic heterocycles. The second-order valence-corrected chi connectivity index (χ2v) is 8.01. The molecule has 0 atom stereocenters. The van der Waals surface area contributed by atoms with Crippen molar-refractivity contribution in [1.29, 1.82) is 0 Å². The maximum Gasteiger partial charge on any atom is 0.252 e. The van der Waals surface area contributed by atoms with Crippen LogP contribution in [0.3, 0.4) is 0 Å². The highest BCUT2D eigenvalue weighted by molar-refractivity contribution is 5.90. The first kappa shape index (κ1) is 22.3. The maximum absolute atomic E-state index is 12.6. The molecule has 1 N–H and O–H groups in total. The Morgan fingerprint density at radius 2 is 1.74 bits per heavy atom. The van der Waals surface area contributed by atoms with Gasteiger partial charge in [0, 0.05) is 30.3 Å². The molecule has 0 aliphatic rings. The summed E-state index contributed by atoms with van der Waals surface area (Å²) in [6, 6.07) is 11.1. The third kappa shape index (κ3) is 6.04. The molecule has 8 nitrogen and oxygen atoms in total. The maximum atomic E-state index is 12.6. The standard InChI is InChI=1S/C23H29N5O3/c1-5-30-17-10-6-7-11-18(17)31-15-8-12-21(29)26-20-16-19(23(2,3)4)27-28(20)22-24-13-9-14-25-22/h6-7,9-11,13-14,16H,5,8,12,15H2,1-4H3,(H,26,29). The molecular weight excluding hydrogens is 394 g/mol. The van der Waals surface area contributed by atoms with Gasteiger partial charge in [0.05, 0.1) is 18.9 Å². The summed E-state index contributed by atoms with van der Waals surface area (Å²) in [4.78, 5) is 21.1. The van der Waals surface area contributed by atoms with Crippen molar-refractivity contribution in [2.75, 3.05) is 18.5 Å². The molecule has 0 saturated heterocycles.